The Labute approximate surface area is 97.3 Å². The van der Waals surface area contributed by atoms with Gasteiger partial charge in [-0.15, -0.1) is 0 Å². The lowest BCUT2D eigenvalue weighted by Gasteiger charge is -2.14. The molecule has 1 unspecified atom stereocenters. The fourth-order valence-corrected chi connectivity index (χ4v) is 1.28. The maximum absolute atomic E-state index is 11.7. The van der Waals surface area contributed by atoms with Crippen molar-refractivity contribution in [2.24, 2.45) is 10.9 Å². The van der Waals surface area contributed by atoms with Crippen LogP contribution in [0.2, 0.25) is 0 Å². The van der Waals surface area contributed by atoms with Gasteiger partial charge in [-0.05, 0) is 12.5 Å². The number of nitrogens with zero attached hydrogens (tertiary/aromatic N) is 1. The Morgan fingerprint density at radius 1 is 1.71 bits per heavy atom. The van der Waals surface area contributed by atoms with Crippen LogP contribution in [-0.2, 0) is 0 Å². The summed E-state index contributed by atoms with van der Waals surface area (Å²) in [6.07, 6.45) is 1.85. The molecule has 1 aromatic rings. The molecule has 7 heteroatoms. The zero-order chi connectivity index (χ0) is 12.8. The molecule has 0 aliphatic heterocycles. The minimum atomic E-state index is -0.563. The van der Waals surface area contributed by atoms with Crippen LogP contribution in [0.1, 0.15) is 23.7 Å². The summed E-state index contributed by atoms with van der Waals surface area (Å²) in [4.78, 5) is 25.2. The fourth-order valence-electron chi connectivity index (χ4n) is 1.28. The van der Waals surface area contributed by atoms with Gasteiger partial charge < -0.3 is 21.2 Å². The molecule has 92 valence electrons. The number of carbonyl (C=O) groups excluding carboxylic acids is 1. The van der Waals surface area contributed by atoms with Crippen LogP contribution in [0.5, 0.6) is 0 Å². The van der Waals surface area contributed by atoms with Gasteiger partial charge in [0.1, 0.15) is 0 Å². The molecule has 0 bridgehead atoms. The molecule has 0 radical (unpaired) electrons. The van der Waals surface area contributed by atoms with Crippen LogP contribution in [0, 0.1) is 0 Å². The number of hydrogen-bond donors (Lipinski definition) is 4. The number of rotatable bonds is 4. The van der Waals surface area contributed by atoms with Crippen molar-refractivity contribution >= 4 is 11.7 Å². The number of nitrogens with two attached hydrogens (primary N) is 1. The van der Waals surface area contributed by atoms with Crippen LogP contribution in [0.25, 0.3) is 0 Å². The molecule has 0 spiro atoms. The van der Waals surface area contributed by atoms with Crippen LogP contribution < -0.4 is 16.6 Å². The molecule has 0 aliphatic rings. The quantitative estimate of drug-likeness (QED) is 0.247. The summed E-state index contributed by atoms with van der Waals surface area (Å²) in [6, 6.07) is 2.08. The second kappa shape index (κ2) is 5.69. The number of aromatic amines is 1. The topological polar surface area (TPSA) is 121 Å². The lowest BCUT2D eigenvalue weighted by atomic mass is 10.2. The van der Waals surface area contributed by atoms with Crippen LogP contribution in [0.15, 0.2) is 28.3 Å². The van der Waals surface area contributed by atoms with E-state index in [1.165, 1.54) is 18.3 Å². The molecule has 0 aromatic carbocycles. The fraction of sp³-hybridized carbons (Fsp3) is 0.300. The average molecular weight is 238 g/mol. The second-order valence-corrected chi connectivity index (χ2v) is 3.40. The van der Waals surface area contributed by atoms with Crippen LogP contribution in [0.3, 0.4) is 0 Å². The molecule has 1 rings (SSSR count). The Balaban J connectivity index is 2.81. The van der Waals surface area contributed by atoms with E-state index in [-0.39, 0.29) is 17.0 Å². The van der Waals surface area contributed by atoms with Gasteiger partial charge >= 0.3 is 0 Å². The molecule has 1 amide bonds. The number of amides is 1. The molecule has 0 saturated carbocycles. The molecule has 0 saturated heterocycles. The Morgan fingerprint density at radius 2 is 2.41 bits per heavy atom. The summed E-state index contributed by atoms with van der Waals surface area (Å²) in [6.45, 7) is 1.78. The van der Waals surface area contributed by atoms with Gasteiger partial charge in [-0.3, -0.25) is 9.59 Å². The molecule has 17 heavy (non-hydrogen) atoms. The van der Waals surface area contributed by atoms with Gasteiger partial charge in [-0.1, -0.05) is 12.1 Å². The summed E-state index contributed by atoms with van der Waals surface area (Å²) >= 11 is 0. The van der Waals surface area contributed by atoms with Crippen molar-refractivity contribution in [3.8, 4) is 0 Å². The first-order valence-electron chi connectivity index (χ1n) is 5.05. The van der Waals surface area contributed by atoms with Crippen molar-refractivity contribution in [3.05, 3.63) is 34.2 Å². The number of H-pyrrole nitrogens is 1. The summed E-state index contributed by atoms with van der Waals surface area (Å²) in [5.74, 6) is -0.528. The molecule has 1 heterocycles. The molecule has 5 N–H and O–H groups in total. The molecule has 0 fully saturated rings. The van der Waals surface area contributed by atoms with E-state index in [0.717, 1.165) is 0 Å². The highest BCUT2D eigenvalue weighted by Gasteiger charge is 2.15. The van der Waals surface area contributed by atoms with Crippen LogP contribution in [-0.4, -0.2) is 28.0 Å². The summed E-state index contributed by atoms with van der Waals surface area (Å²) in [5, 5.41) is 13.9. The van der Waals surface area contributed by atoms with Crippen LogP contribution >= 0.6 is 0 Å². The van der Waals surface area contributed by atoms with Crippen molar-refractivity contribution in [1.82, 2.24) is 10.3 Å². The van der Waals surface area contributed by atoms with E-state index in [1.54, 1.807) is 6.92 Å². The van der Waals surface area contributed by atoms with E-state index >= 15 is 0 Å². The molecular formula is C10H14N4O3. The SMILES string of the molecule is CCC(NC(=O)c1cc[nH]c(=O)c1)/C(N)=N/O. The van der Waals surface area contributed by atoms with E-state index in [2.05, 4.69) is 15.5 Å². The number of amidine groups is 1. The van der Waals surface area contributed by atoms with Gasteiger partial charge in [0, 0.05) is 17.8 Å². The molecular weight excluding hydrogens is 224 g/mol. The zero-order valence-corrected chi connectivity index (χ0v) is 9.30. The maximum atomic E-state index is 11.7. The first-order valence-corrected chi connectivity index (χ1v) is 5.05. The minimum absolute atomic E-state index is 0.0781. The van der Waals surface area contributed by atoms with Crippen molar-refractivity contribution in [2.75, 3.05) is 0 Å². The normalized spacial score (nSPS) is 13.1. The molecule has 1 atom stereocenters. The van der Waals surface area contributed by atoms with Gasteiger partial charge in [0.2, 0.25) is 5.56 Å². The Kier molecular flexibility index (Phi) is 4.27. The largest absolute Gasteiger partial charge is 0.409 e. The standard InChI is InChI=1S/C10H14N4O3/c1-2-7(9(11)14-17)13-10(16)6-3-4-12-8(15)5-6/h3-5,7,17H,2H2,1H3,(H2,11,14)(H,12,15)(H,13,16). The second-order valence-electron chi connectivity index (χ2n) is 3.40. The monoisotopic (exact) mass is 238 g/mol. The Hall–Kier alpha value is -2.31. The number of pyridine rings is 1. The molecule has 7 nitrogen and oxygen atoms in total. The summed E-state index contributed by atoms with van der Waals surface area (Å²) in [5.41, 5.74) is 5.26. The first-order chi connectivity index (χ1) is 8.08. The summed E-state index contributed by atoms with van der Waals surface area (Å²) in [7, 11) is 0. The lowest BCUT2D eigenvalue weighted by molar-refractivity contribution is 0.0945. The third kappa shape index (κ3) is 3.33. The van der Waals surface area contributed by atoms with Gasteiger partial charge in [0.05, 0.1) is 6.04 Å². The van der Waals surface area contributed by atoms with Crippen molar-refractivity contribution in [3.63, 3.8) is 0 Å². The van der Waals surface area contributed by atoms with Gasteiger partial charge in [0.15, 0.2) is 5.84 Å². The zero-order valence-electron chi connectivity index (χ0n) is 9.30. The van der Waals surface area contributed by atoms with Gasteiger partial charge in [0.25, 0.3) is 5.91 Å². The number of aromatic nitrogens is 1. The van der Waals surface area contributed by atoms with E-state index in [9.17, 15) is 9.59 Å². The number of hydrogen-bond acceptors (Lipinski definition) is 4. The number of oxime groups is 1. The number of nitrogens with one attached hydrogen (secondary N) is 2. The summed E-state index contributed by atoms with van der Waals surface area (Å²) < 4.78 is 0. The smallest absolute Gasteiger partial charge is 0.252 e. The van der Waals surface area contributed by atoms with E-state index in [1.807, 2.05) is 0 Å². The number of carbonyl (C=O) groups is 1. The molecule has 1 aromatic heterocycles. The minimum Gasteiger partial charge on any atom is -0.409 e. The Morgan fingerprint density at radius 3 is 2.94 bits per heavy atom. The first kappa shape index (κ1) is 12.8. The lowest BCUT2D eigenvalue weighted by Crippen LogP contribution is -2.44. The van der Waals surface area contributed by atoms with E-state index < -0.39 is 11.9 Å². The van der Waals surface area contributed by atoms with Crippen molar-refractivity contribution in [1.29, 1.82) is 0 Å². The van der Waals surface area contributed by atoms with Gasteiger partial charge in [-0.2, -0.15) is 0 Å². The van der Waals surface area contributed by atoms with E-state index in [4.69, 9.17) is 10.9 Å². The highest BCUT2D eigenvalue weighted by Crippen LogP contribution is 1.97. The van der Waals surface area contributed by atoms with Crippen molar-refractivity contribution < 1.29 is 10.0 Å². The van der Waals surface area contributed by atoms with Crippen molar-refractivity contribution in [2.45, 2.75) is 19.4 Å². The average Bonchev–Trinajstić information content (AvgIpc) is 2.34. The maximum Gasteiger partial charge on any atom is 0.252 e. The predicted octanol–water partition coefficient (Wildman–Crippen LogP) is -0.370. The third-order valence-electron chi connectivity index (χ3n) is 2.22. The van der Waals surface area contributed by atoms with Crippen LogP contribution in [0.4, 0.5) is 0 Å². The van der Waals surface area contributed by atoms with E-state index in [0.29, 0.717) is 6.42 Å². The predicted molar refractivity (Wildman–Crippen MR) is 62.0 cm³/mol. The molecule has 0 aliphatic carbocycles. The van der Waals surface area contributed by atoms with Gasteiger partial charge in [-0.25, -0.2) is 0 Å². The third-order valence-corrected chi connectivity index (χ3v) is 2.22. The highest BCUT2D eigenvalue weighted by atomic mass is 16.4. The highest BCUT2D eigenvalue weighted by molar-refractivity contribution is 5.98. The Bertz CT molecular complexity index is 480.